The van der Waals surface area contributed by atoms with Gasteiger partial charge in [-0.1, -0.05) is 55.7 Å². The molecule has 29 heavy (non-hydrogen) atoms. The molecule has 1 heterocycles. The van der Waals surface area contributed by atoms with Gasteiger partial charge in [-0.2, -0.15) is 0 Å². The van der Waals surface area contributed by atoms with E-state index in [0.29, 0.717) is 25.1 Å². The van der Waals surface area contributed by atoms with Gasteiger partial charge in [0.2, 0.25) is 5.91 Å². The first-order valence-corrected chi connectivity index (χ1v) is 10.4. The number of halogens is 1. The number of amides is 2. The summed E-state index contributed by atoms with van der Waals surface area (Å²) in [6, 6.07) is 14.2. The Kier molecular flexibility index (Phi) is 5.65. The number of nitrogens with zero attached hydrogens (tertiary/aromatic N) is 1. The Morgan fingerprint density at radius 1 is 1.03 bits per heavy atom. The number of carbonyl (C=O) groups excluding carboxylic acids is 2. The van der Waals surface area contributed by atoms with E-state index in [1.807, 2.05) is 29.2 Å². The van der Waals surface area contributed by atoms with E-state index in [1.54, 1.807) is 18.2 Å². The third-order valence-corrected chi connectivity index (χ3v) is 6.31. The van der Waals surface area contributed by atoms with Gasteiger partial charge in [0.15, 0.2) is 0 Å². The summed E-state index contributed by atoms with van der Waals surface area (Å²) in [5, 5.41) is 2.88. The van der Waals surface area contributed by atoms with Crippen LogP contribution in [0.4, 0.5) is 4.39 Å². The molecule has 2 amide bonds. The molecule has 0 unspecified atom stereocenters. The van der Waals surface area contributed by atoms with Crippen molar-refractivity contribution in [2.24, 2.45) is 5.41 Å². The highest BCUT2D eigenvalue weighted by Gasteiger charge is 2.39. The SMILES string of the molecule is O=C(CC1(CN2Cc3ccccc3C2=O)CCCCC1)NCc1ccccc1F. The predicted molar refractivity (Wildman–Crippen MR) is 110 cm³/mol. The molecule has 0 spiro atoms. The monoisotopic (exact) mass is 394 g/mol. The van der Waals surface area contributed by atoms with Crippen molar-refractivity contribution in [1.29, 1.82) is 0 Å². The zero-order chi connectivity index (χ0) is 20.3. The Morgan fingerprint density at radius 2 is 1.76 bits per heavy atom. The molecule has 5 heteroatoms. The summed E-state index contributed by atoms with van der Waals surface area (Å²) in [4.78, 5) is 27.5. The second-order valence-corrected chi connectivity index (χ2v) is 8.42. The van der Waals surface area contributed by atoms with E-state index in [0.717, 1.165) is 36.8 Å². The van der Waals surface area contributed by atoms with E-state index in [9.17, 15) is 14.0 Å². The van der Waals surface area contributed by atoms with Gasteiger partial charge in [0, 0.05) is 37.2 Å². The standard InChI is InChI=1S/C24H27FN2O2/c25-21-11-5-3-8-18(21)15-26-22(28)14-24(12-6-1-7-13-24)17-27-16-19-9-2-4-10-20(19)23(27)29/h2-5,8-11H,1,6-7,12-17H2,(H,26,28). The van der Waals surface area contributed by atoms with E-state index in [1.165, 1.54) is 12.5 Å². The van der Waals surface area contributed by atoms with Crippen molar-refractivity contribution >= 4 is 11.8 Å². The molecule has 1 aliphatic carbocycles. The summed E-state index contributed by atoms with van der Waals surface area (Å²) in [6.45, 7) is 1.41. The Labute approximate surface area is 171 Å². The van der Waals surface area contributed by atoms with Gasteiger partial charge in [-0.25, -0.2) is 4.39 Å². The third-order valence-electron chi connectivity index (χ3n) is 6.31. The number of hydrogen-bond donors (Lipinski definition) is 1. The summed E-state index contributed by atoms with van der Waals surface area (Å²) in [5.74, 6) is -0.308. The van der Waals surface area contributed by atoms with Gasteiger partial charge < -0.3 is 10.2 Å². The van der Waals surface area contributed by atoms with Crippen molar-refractivity contribution in [3.8, 4) is 0 Å². The molecule has 4 nitrogen and oxygen atoms in total. The van der Waals surface area contributed by atoms with Crippen molar-refractivity contribution in [2.45, 2.75) is 51.6 Å². The maximum atomic E-state index is 13.8. The van der Waals surface area contributed by atoms with E-state index < -0.39 is 0 Å². The number of carbonyl (C=O) groups is 2. The lowest BCUT2D eigenvalue weighted by Gasteiger charge is -2.39. The van der Waals surface area contributed by atoms with Gasteiger partial charge in [0.05, 0.1) is 0 Å². The minimum absolute atomic E-state index is 0.0670. The smallest absolute Gasteiger partial charge is 0.254 e. The molecule has 1 fully saturated rings. The molecule has 0 atom stereocenters. The molecular weight excluding hydrogens is 367 g/mol. The Balaban J connectivity index is 1.42. The summed E-state index contributed by atoms with van der Waals surface area (Å²) in [7, 11) is 0. The van der Waals surface area contributed by atoms with Gasteiger partial charge >= 0.3 is 0 Å². The Hall–Kier alpha value is -2.69. The average Bonchev–Trinajstić information content (AvgIpc) is 3.03. The lowest BCUT2D eigenvalue weighted by molar-refractivity contribution is -0.124. The van der Waals surface area contributed by atoms with Crippen LogP contribution in [0.25, 0.3) is 0 Å². The minimum Gasteiger partial charge on any atom is -0.352 e. The van der Waals surface area contributed by atoms with Crippen molar-refractivity contribution < 1.29 is 14.0 Å². The number of fused-ring (bicyclic) bond motifs is 1. The second-order valence-electron chi connectivity index (χ2n) is 8.42. The molecule has 2 aromatic rings. The first kappa shape index (κ1) is 19.6. The fraction of sp³-hybridized carbons (Fsp3) is 0.417. The topological polar surface area (TPSA) is 49.4 Å². The van der Waals surface area contributed by atoms with E-state index >= 15 is 0 Å². The summed E-state index contributed by atoms with van der Waals surface area (Å²) in [5.41, 5.74) is 2.13. The van der Waals surface area contributed by atoms with Gasteiger partial charge in [0.1, 0.15) is 5.82 Å². The maximum Gasteiger partial charge on any atom is 0.254 e. The van der Waals surface area contributed by atoms with Crippen LogP contribution in [0.2, 0.25) is 0 Å². The zero-order valence-corrected chi connectivity index (χ0v) is 16.6. The molecule has 152 valence electrons. The lowest BCUT2D eigenvalue weighted by Crippen LogP contribution is -2.42. The fourth-order valence-corrected chi connectivity index (χ4v) is 4.78. The molecule has 1 aliphatic heterocycles. The third kappa shape index (κ3) is 4.34. The summed E-state index contributed by atoms with van der Waals surface area (Å²) in [6.07, 6.45) is 5.60. The highest BCUT2D eigenvalue weighted by Crippen LogP contribution is 2.41. The largest absolute Gasteiger partial charge is 0.352 e. The van der Waals surface area contributed by atoms with Gasteiger partial charge in [-0.3, -0.25) is 9.59 Å². The van der Waals surface area contributed by atoms with Crippen LogP contribution in [0.15, 0.2) is 48.5 Å². The molecule has 0 aromatic heterocycles. The highest BCUT2D eigenvalue weighted by atomic mass is 19.1. The Bertz CT molecular complexity index is 905. The molecule has 0 saturated heterocycles. The van der Waals surface area contributed by atoms with Crippen LogP contribution in [0.5, 0.6) is 0 Å². The molecule has 4 rings (SSSR count). The number of nitrogens with one attached hydrogen (secondary N) is 1. The first-order chi connectivity index (χ1) is 14.1. The quantitative estimate of drug-likeness (QED) is 0.788. The molecule has 1 saturated carbocycles. The van der Waals surface area contributed by atoms with Crippen LogP contribution < -0.4 is 5.32 Å². The second kappa shape index (κ2) is 8.36. The lowest BCUT2D eigenvalue weighted by atomic mass is 9.71. The first-order valence-electron chi connectivity index (χ1n) is 10.4. The highest BCUT2D eigenvalue weighted by molar-refractivity contribution is 5.98. The maximum absolute atomic E-state index is 13.8. The van der Waals surface area contributed by atoms with Crippen LogP contribution in [0.3, 0.4) is 0 Å². The van der Waals surface area contributed by atoms with Crippen molar-refractivity contribution in [1.82, 2.24) is 10.2 Å². The van der Waals surface area contributed by atoms with E-state index in [4.69, 9.17) is 0 Å². The summed E-state index contributed by atoms with van der Waals surface area (Å²) < 4.78 is 13.8. The minimum atomic E-state index is -0.305. The van der Waals surface area contributed by atoms with Gasteiger partial charge in [-0.05, 0) is 36.0 Å². The number of rotatable bonds is 6. The van der Waals surface area contributed by atoms with Crippen LogP contribution in [-0.2, 0) is 17.9 Å². The number of benzene rings is 2. The van der Waals surface area contributed by atoms with Crippen LogP contribution >= 0.6 is 0 Å². The average molecular weight is 394 g/mol. The summed E-state index contributed by atoms with van der Waals surface area (Å²) >= 11 is 0. The van der Waals surface area contributed by atoms with Crippen molar-refractivity contribution in [2.75, 3.05) is 6.54 Å². The van der Waals surface area contributed by atoms with Crippen LogP contribution in [0, 0.1) is 11.2 Å². The zero-order valence-electron chi connectivity index (χ0n) is 16.6. The molecule has 2 aliphatic rings. The molecule has 2 aromatic carbocycles. The van der Waals surface area contributed by atoms with E-state index in [2.05, 4.69) is 5.32 Å². The fourth-order valence-electron chi connectivity index (χ4n) is 4.78. The van der Waals surface area contributed by atoms with Crippen molar-refractivity contribution in [3.05, 3.63) is 71.0 Å². The molecule has 1 N–H and O–H groups in total. The van der Waals surface area contributed by atoms with Crippen LogP contribution in [0.1, 0.15) is 60.0 Å². The number of hydrogen-bond acceptors (Lipinski definition) is 2. The van der Waals surface area contributed by atoms with Crippen LogP contribution in [-0.4, -0.2) is 23.3 Å². The molecular formula is C24H27FN2O2. The molecule has 0 radical (unpaired) electrons. The normalized spacial score (nSPS) is 17.8. The van der Waals surface area contributed by atoms with E-state index in [-0.39, 0.29) is 29.6 Å². The van der Waals surface area contributed by atoms with Crippen molar-refractivity contribution in [3.63, 3.8) is 0 Å². The predicted octanol–water partition coefficient (Wildman–Crippen LogP) is 4.44. The molecule has 0 bridgehead atoms. The van der Waals surface area contributed by atoms with Gasteiger partial charge in [-0.15, -0.1) is 0 Å². The Morgan fingerprint density at radius 3 is 2.52 bits per heavy atom. The van der Waals surface area contributed by atoms with Gasteiger partial charge in [0.25, 0.3) is 5.91 Å².